The molecule has 7 heteroatoms. The van der Waals surface area contributed by atoms with E-state index in [0.717, 1.165) is 17.8 Å². The average molecular weight is 403 g/mol. The summed E-state index contributed by atoms with van der Waals surface area (Å²) in [5.74, 6) is 2.94. The molecule has 0 aliphatic carbocycles. The average Bonchev–Trinajstić information content (AvgIpc) is 3.15. The zero-order chi connectivity index (χ0) is 18.4. The molecule has 2 bridgehead atoms. The Kier molecular flexibility index (Phi) is 4.78. The van der Waals surface area contributed by atoms with Crippen LogP contribution in [0.25, 0.3) is 10.1 Å². The molecule has 1 N–H and O–H groups in total. The number of rotatable bonds is 3. The number of nitrogens with zero attached hydrogens (tertiary/aromatic N) is 3. The molecule has 2 aromatic heterocycles. The SMILES string of the molecule is C[C@H]1[C@H](NC(=O)c2cc3c(N4CCSCC4)csc3cn2)C2CCN1CC2. The Hall–Kier alpha value is -1.31. The molecule has 5 nitrogen and oxygen atoms in total. The largest absolute Gasteiger partial charge is 0.369 e. The maximum absolute atomic E-state index is 13.0. The third-order valence-corrected chi connectivity index (χ3v) is 8.36. The van der Waals surface area contributed by atoms with Crippen molar-refractivity contribution in [1.29, 1.82) is 0 Å². The molecule has 6 rings (SSSR count). The molecule has 4 aliphatic heterocycles. The minimum absolute atomic E-state index is 0.0196. The molecule has 0 saturated carbocycles. The van der Waals surface area contributed by atoms with Gasteiger partial charge in [-0.05, 0) is 44.8 Å². The summed E-state index contributed by atoms with van der Waals surface area (Å²) in [6.07, 6.45) is 4.27. The van der Waals surface area contributed by atoms with Crippen LogP contribution in [0.2, 0.25) is 0 Å². The molecule has 0 aromatic carbocycles. The highest BCUT2D eigenvalue weighted by Gasteiger charge is 2.40. The number of thioether (sulfide) groups is 1. The molecule has 4 aliphatic rings. The molecule has 0 spiro atoms. The maximum Gasteiger partial charge on any atom is 0.270 e. The molecule has 0 radical (unpaired) electrons. The number of hydrogen-bond donors (Lipinski definition) is 1. The minimum Gasteiger partial charge on any atom is -0.369 e. The second-order valence-corrected chi connectivity index (χ2v) is 10.0. The Morgan fingerprint density at radius 3 is 2.74 bits per heavy atom. The smallest absolute Gasteiger partial charge is 0.270 e. The lowest BCUT2D eigenvalue weighted by Crippen LogP contribution is -2.62. The Morgan fingerprint density at radius 2 is 2.00 bits per heavy atom. The first-order valence-electron chi connectivity index (χ1n) is 9.95. The van der Waals surface area contributed by atoms with Crippen molar-refractivity contribution in [3.8, 4) is 0 Å². The number of carbonyl (C=O) groups is 1. The fraction of sp³-hybridized carbons (Fsp3) is 0.600. The molecule has 4 saturated heterocycles. The first-order chi connectivity index (χ1) is 13.2. The first kappa shape index (κ1) is 17.8. The van der Waals surface area contributed by atoms with E-state index >= 15 is 0 Å². The van der Waals surface area contributed by atoms with Gasteiger partial charge in [0.15, 0.2) is 0 Å². The summed E-state index contributed by atoms with van der Waals surface area (Å²) in [7, 11) is 0. The zero-order valence-electron chi connectivity index (χ0n) is 15.7. The van der Waals surface area contributed by atoms with Crippen LogP contribution in [-0.2, 0) is 0 Å². The number of amides is 1. The number of aromatic nitrogens is 1. The van der Waals surface area contributed by atoms with Gasteiger partial charge in [0.05, 0.1) is 10.4 Å². The van der Waals surface area contributed by atoms with Gasteiger partial charge < -0.3 is 10.2 Å². The number of piperidine rings is 3. The number of pyridine rings is 1. The summed E-state index contributed by atoms with van der Waals surface area (Å²) in [5, 5.41) is 6.71. The summed E-state index contributed by atoms with van der Waals surface area (Å²) >= 11 is 3.74. The molecule has 2 aromatic rings. The number of hydrogen-bond acceptors (Lipinski definition) is 6. The highest BCUT2D eigenvalue weighted by molar-refractivity contribution is 7.99. The summed E-state index contributed by atoms with van der Waals surface area (Å²) in [5.41, 5.74) is 1.82. The zero-order valence-corrected chi connectivity index (χ0v) is 17.3. The van der Waals surface area contributed by atoms with E-state index in [1.165, 1.54) is 48.5 Å². The third-order valence-electron chi connectivity index (χ3n) is 6.50. The number of nitrogens with one attached hydrogen (secondary N) is 1. The van der Waals surface area contributed by atoms with Crippen LogP contribution in [-0.4, -0.2) is 65.6 Å². The van der Waals surface area contributed by atoms with E-state index in [1.807, 2.05) is 24.0 Å². The predicted molar refractivity (Wildman–Crippen MR) is 114 cm³/mol. The third kappa shape index (κ3) is 3.23. The van der Waals surface area contributed by atoms with Crippen molar-refractivity contribution in [1.82, 2.24) is 15.2 Å². The molecule has 27 heavy (non-hydrogen) atoms. The van der Waals surface area contributed by atoms with Crippen LogP contribution < -0.4 is 10.2 Å². The van der Waals surface area contributed by atoms with E-state index in [1.54, 1.807) is 11.3 Å². The second kappa shape index (κ2) is 7.26. The van der Waals surface area contributed by atoms with E-state index in [2.05, 4.69) is 32.4 Å². The van der Waals surface area contributed by atoms with E-state index < -0.39 is 0 Å². The van der Waals surface area contributed by atoms with Crippen molar-refractivity contribution in [2.75, 3.05) is 42.6 Å². The standard InChI is InChI=1S/C20H26N4OS2/c1-13-19(14-2-4-23(13)5-3-14)22-20(25)16-10-15-17(12-27-18(15)11-21-16)24-6-8-26-9-7-24/h10-14,19H,2-9H2,1H3,(H,22,25)/t13-,19-/m0/s1. The molecule has 144 valence electrons. The highest BCUT2D eigenvalue weighted by Crippen LogP contribution is 2.35. The van der Waals surface area contributed by atoms with Gasteiger partial charge in [0.2, 0.25) is 0 Å². The predicted octanol–water partition coefficient (Wildman–Crippen LogP) is 3.06. The van der Waals surface area contributed by atoms with Crippen molar-refractivity contribution in [3.05, 3.63) is 23.3 Å². The van der Waals surface area contributed by atoms with Gasteiger partial charge in [-0.2, -0.15) is 11.8 Å². The number of carbonyl (C=O) groups excluding carboxylic acids is 1. The van der Waals surface area contributed by atoms with Crippen molar-refractivity contribution in [3.63, 3.8) is 0 Å². The van der Waals surface area contributed by atoms with Gasteiger partial charge in [0, 0.05) is 53.6 Å². The molecule has 4 fully saturated rings. The van der Waals surface area contributed by atoms with Crippen LogP contribution in [0.5, 0.6) is 0 Å². The van der Waals surface area contributed by atoms with Crippen molar-refractivity contribution in [2.45, 2.75) is 31.8 Å². The lowest BCUT2D eigenvalue weighted by Gasteiger charge is -2.49. The number of fused-ring (bicyclic) bond motifs is 4. The van der Waals surface area contributed by atoms with Crippen LogP contribution >= 0.6 is 23.1 Å². The fourth-order valence-electron chi connectivity index (χ4n) is 4.86. The van der Waals surface area contributed by atoms with Gasteiger partial charge in [0.1, 0.15) is 5.69 Å². The quantitative estimate of drug-likeness (QED) is 0.855. The van der Waals surface area contributed by atoms with Crippen LogP contribution in [0.15, 0.2) is 17.6 Å². The lowest BCUT2D eigenvalue weighted by atomic mass is 9.79. The maximum atomic E-state index is 13.0. The first-order valence-corrected chi connectivity index (χ1v) is 12.0. The van der Waals surface area contributed by atoms with Gasteiger partial charge in [-0.3, -0.25) is 9.69 Å². The molecule has 1 amide bonds. The molecule has 2 atom stereocenters. The number of anilines is 1. The monoisotopic (exact) mass is 402 g/mol. The Morgan fingerprint density at radius 1 is 1.22 bits per heavy atom. The Labute approximate surface area is 168 Å². The van der Waals surface area contributed by atoms with Crippen LogP contribution in [0.3, 0.4) is 0 Å². The van der Waals surface area contributed by atoms with Gasteiger partial charge in [-0.15, -0.1) is 11.3 Å². The van der Waals surface area contributed by atoms with Gasteiger partial charge in [-0.25, -0.2) is 4.98 Å². The summed E-state index contributed by atoms with van der Waals surface area (Å²) < 4.78 is 1.16. The number of thiophene rings is 1. The topological polar surface area (TPSA) is 48.5 Å². The van der Waals surface area contributed by atoms with Crippen molar-refractivity contribution in [2.24, 2.45) is 5.92 Å². The Bertz CT molecular complexity index is 838. The Balaban J connectivity index is 1.38. The van der Waals surface area contributed by atoms with Gasteiger partial charge >= 0.3 is 0 Å². The molecule has 6 heterocycles. The van der Waals surface area contributed by atoms with Crippen molar-refractivity contribution >= 4 is 44.8 Å². The van der Waals surface area contributed by atoms with E-state index in [9.17, 15) is 4.79 Å². The van der Waals surface area contributed by atoms with E-state index in [0.29, 0.717) is 17.7 Å². The lowest BCUT2D eigenvalue weighted by molar-refractivity contribution is 0.0216. The highest BCUT2D eigenvalue weighted by atomic mass is 32.2. The van der Waals surface area contributed by atoms with Crippen molar-refractivity contribution < 1.29 is 4.79 Å². The van der Waals surface area contributed by atoms with Gasteiger partial charge in [0.25, 0.3) is 5.91 Å². The normalized spacial score (nSPS) is 30.6. The summed E-state index contributed by atoms with van der Waals surface area (Å²) in [6, 6.07) is 2.68. The van der Waals surface area contributed by atoms with Crippen LogP contribution in [0.1, 0.15) is 30.3 Å². The van der Waals surface area contributed by atoms with Crippen LogP contribution in [0.4, 0.5) is 5.69 Å². The second-order valence-electron chi connectivity index (χ2n) is 7.90. The van der Waals surface area contributed by atoms with E-state index in [-0.39, 0.29) is 11.9 Å². The van der Waals surface area contributed by atoms with Crippen LogP contribution in [0, 0.1) is 5.92 Å². The summed E-state index contributed by atoms with van der Waals surface area (Å²) in [4.78, 5) is 22.4. The fourth-order valence-corrected chi connectivity index (χ4v) is 6.69. The van der Waals surface area contributed by atoms with Gasteiger partial charge in [-0.1, -0.05) is 0 Å². The molecular formula is C20H26N4OS2. The van der Waals surface area contributed by atoms with E-state index in [4.69, 9.17) is 0 Å². The molecular weight excluding hydrogens is 376 g/mol. The molecule has 0 unspecified atom stereocenters. The summed E-state index contributed by atoms with van der Waals surface area (Å²) in [6.45, 7) is 6.76. The minimum atomic E-state index is -0.0196.